The number of pyridine rings is 1. The normalized spacial score (nSPS) is 32.8. The van der Waals surface area contributed by atoms with Crippen molar-refractivity contribution in [2.24, 2.45) is 5.92 Å². The number of nitrogens with zero attached hydrogens (tertiary/aromatic N) is 1. The first kappa shape index (κ1) is 14.2. The first-order valence-corrected chi connectivity index (χ1v) is 8.84. The Balaban J connectivity index is 1.59. The summed E-state index contributed by atoms with van der Waals surface area (Å²) in [5.74, 6) is 1.74. The van der Waals surface area contributed by atoms with Crippen molar-refractivity contribution in [3.8, 4) is 0 Å². The van der Waals surface area contributed by atoms with Gasteiger partial charge in [0.25, 0.3) is 0 Å². The van der Waals surface area contributed by atoms with Gasteiger partial charge in [-0.1, -0.05) is 13.3 Å². The van der Waals surface area contributed by atoms with Gasteiger partial charge in [0.1, 0.15) is 6.10 Å². The minimum Gasteiger partial charge on any atom is -0.459 e. The van der Waals surface area contributed by atoms with Crippen LogP contribution in [-0.4, -0.2) is 17.1 Å². The SMILES string of the molecule is Cc1ncc(C(=O)O[C@H]2CCC[C@@H](C)C2)c2c1C1CCC2C1. The van der Waals surface area contributed by atoms with E-state index in [2.05, 4.69) is 18.8 Å². The Morgan fingerprint density at radius 2 is 1.91 bits per heavy atom. The molecule has 3 aliphatic carbocycles. The lowest BCUT2D eigenvalue weighted by atomic mass is 9.87. The van der Waals surface area contributed by atoms with Gasteiger partial charge >= 0.3 is 5.97 Å². The molecule has 2 fully saturated rings. The number of hydrogen-bond donors (Lipinski definition) is 0. The molecular formula is C19H25NO2. The highest BCUT2D eigenvalue weighted by molar-refractivity contribution is 5.92. The second kappa shape index (κ2) is 5.36. The van der Waals surface area contributed by atoms with Crippen LogP contribution >= 0.6 is 0 Å². The standard InChI is InChI=1S/C19H25NO2/c1-11-4-3-5-15(8-11)22-19(21)16-10-20-12(2)17-13-6-7-14(9-13)18(16)17/h10-11,13-15H,3-9H2,1-2H3/t11-,13?,14?,15+/m1/s1. The molecule has 2 saturated carbocycles. The lowest BCUT2D eigenvalue weighted by molar-refractivity contribution is 0.0153. The Kier molecular flexibility index (Phi) is 3.47. The van der Waals surface area contributed by atoms with Gasteiger partial charge in [0.05, 0.1) is 5.56 Å². The minimum absolute atomic E-state index is 0.104. The molecule has 0 aromatic carbocycles. The van der Waals surface area contributed by atoms with E-state index in [1.807, 2.05) is 0 Å². The fourth-order valence-electron chi connectivity index (χ4n) is 4.96. The van der Waals surface area contributed by atoms with Gasteiger partial charge in [-0.3, -0.25) is 4.98 Å². The molecule has 1 aromatic heterocycles. The van der Waals surface area contributed by atoms with Crippen LogP contribution in [0.2, 0.25) is 0 Å². The van der Waals surface area contributed by atoms with Crippen molar-refractivity contribution in [1.29, 1.82) is 0 Å². The number of hydrogen-bond acceptors (Lipinski definition) is 3. The molecule has 0 saturated heterocycles. The molecule has 3 heteroatoms. The number of aromatic nitrogens is 1. The summed E-state index contributed by atoms with van der Waals surface area (Å²) in [6.07, 6.45) is 10.0. The molecular weight excluding hydrogens is 274 g/mol. The highest BCUT2D eigenvalue weighted by atomic mass is 16.5. The molecule has 2 bridgehead atoms. The zero-order valence-corrected chi connectivity index (χ0v) is 13.6. The van der Waals surface area contributed by atoms with Crippen LogP contribution in [0.4, 0.5) is 0 Å². The van der Waals surface area contributed by atoms with Gasteiger partial charge in [-0.15, -0.1) is 0 Å². The van der Waals surface area contributed by atoms with E-state index in [1.54, 1.807) is 6.20 Å². The van der Waals surface area contributed by atoms with Crippen LogP contribution in [0, 0.1) is 12.8 Å². The zero-order chi connectivity index (χ0) is 15.3. The van der Waals surface area contributed by atoms with Crippen LogP contribution in [0.5, 0.6) is 0 Å². The van der Waals surface area contributed by atoms with E-state index in [1.165, 1.54) is 43.2 Å². The lowest BCUT2D eigenvalue weighted by Crippen LogP contribution is -2.25. The van der Waals surface area contributed by atoms with Crippen molar-refractivity contribution in [3.63, 3.8) is 0 Å². The van der Waals surface area contributed by atoms with E-state index in [4.69, 9.17) is 4.74 Å². The van der Waals surface area contributed by atoms with E-state index in [0.29, 0.717) is 17.8 Å². The summed E-state index contributed by atoms with van der Waals surface area (Å²) < 4.78 is 5.84. The second-order valence-corrected chi connectivity index (χ2v) is 7.59. The second-order valence-electron chi connectivity index (χ2n) is 7.59. The average molecular weight is 299 g/mol. The van der Waals surface area contributed by atoms with Crippen molar-refractivity contribution < 1.29 is 9.53 Å². The number of ether oxygens (including phenoxy) is 1. The Labute approximate surface area is 132 Å². The molecule has 2 unspecified atom stereocenters. The molecule has 0 amide bonds. The zero-order valence-electron chi connectivity index (χ0n) is 13.6. The number of esters is 1. The third kappa shape index (κ3) is 2.26. The number of carbonyl (C=O) groups excluding carboxylic acids is 1. The molecule has 0 spiro atoms. The average Bonchev–Trinajstić information content (AvgIpc) is 3.09. The number of carbonyl (C=O) groups is 1. The third-order valence-electron chi connectivity index (χ3n) is 5.99. The summed E-state index contributed by atoms with van der Waals surface area (Å²) in [4.78, 5) is 17.2. The monoisotopic (exact) mass is 299 g/mol. The maximum absolute atomic E-state index is 12.7. The predicted octanol–water partition coefficient (Wildman–Crippen LogP) is 4.49. The van der Waals surface area contributed by atoms with Gasteiger partial charge in [0, 0.05) is 11.9 Å². The molecule has 0 N–H and O–H groups in total. The van der Waals surface area contributed by atoms with Gasteiger partial charge in [-0.05, 0) is 74.3 Å². The van der Waals surface area contributed by atoms with E-state index in [-0.39, 0.29) is 12.1 Å². The van der Waals surface area contributed by atoms with Crippen LogP contribution in [0.15, 0.2) is 6.20 Å². The van der Waals surface area contributed by atoms with Gasteiger partial charge in [-0.25, -0.2) is 4.79 Å². The van der Waals surface area contributed by atoms with Crippen LogP contribution in [0.1, 0.15) is 90.9 Å². The van der Waals surface area contributed by atoms with Gasteiger partial charge in [-0.2, -0.15) is 0 Å². The maximum Gasteiger partial charge on any atom is 0.340 e. The van der Waals surface area contributed by atoms with Crippen molar-refractivity contribution in [2.75, 3.05) is 0 Å². The van der Waals surface area contributed by atoms with Crippen molar-refractivity contribution in [2.45, 2.75) is 76.7 Å². The Hall–Kier alpha value is -1.38. The summed E-state index contributed by atoms with van der Waals surface area (Å²) in [7, 11) is 0. The smallest absolute Gasteiger partial charge is 0.340 e. The van der Waals surface area contributed by atoms with Gasteiger partial charge < -0.3 is 4.74 Å². The molecule has 118 valence electrons. The third-order valence-corrected chi connectivity index (χ3v) is 5.99. The van der Waals surface area contributed by atoms with E-state index in [0.717, 1.165) is 24.1 Å². The molecule has 4 rings (SSSR count). The largest absolute Gasteiger partial charge is 0.459 e. The van der Waals surface area contributed by atoms with Crippen molar-refractivity contribution in [1.82, 2.24) is 4.98 Å². The number of rotatable bonds is 2. The first-order chi connectivity index (χ1) is 10.6. The molecule has 4 atom stereocenters. The lowest BCUT2D eigenvalue weighted by Gasteiger charge is -2.27. The van der Waals surface area contributed by atoms with E-state index < -0.39 is 0 Å². The van der Waals surface area contributed by atoms with Crippen LogP contribution < -0.4 is 0 Å². The van der Waals surface area contributed by atoms with Crippen LogP contribution in [-0.2, 0) is 4.74 Å². The summed E-state index contributed by atoms with van der Waals surface area (Å²) in [5.41, 5.74) is 4.51. The molecule has 0 radical (unpaired) electrons. The fraction of sp³-hybridized carbons (Fsp3) is 0.684. The van der Waals surface area contributed by atoms with Gasteiger partial charge in [0.15, 0.2) is 0 Å². The van der Waals surface area contributed by atoms with E-state index >= 15 is 0 Å². The summed E-state index contributed by atoms with van der Waals surface area (Å²) in [6, 6.07) is 0. The van der Waals surface area contributed by atoms with Crippen molar-refractivity contribution in [3.05, 3.63) is 28.6 Å². The summed E-state index contributed by atoms with van der Waals surface area (Å²) in [6.45, 7) is 4.33. The molecule has 0 aliphatic heterocycles. The minimum atomic E-state index is -0.129. The Morgan fingerprint density at radius 1 is 1.14 bits per heavy atom. The first-order valence-electron chi connectivity index (χ1n) is 8.84. The summed E-state index contributed by atoms with van der Waals surface area (Å²) >= 11 is 0. The van der Waals surface area contributed by atoms with Gasteiger partial charge in [0.2, 0.25) is 0 Å². The maximum atomic E-state index is 12.7. The van der Waals surface area contributed by atoms with E-state index in [9.17, 15) is 4.79 Å². The fourth-order valence-corrected chi connectivity index (χ4v) is 4.96. The number of aryl methyl sites for hydroxylation is 1. The molecule has 1 heterocycles. The summed E-state index contributed by atoms with van der Waals surface area (Å²) in [5, 5.41) is 0. The Morgan fingerprint density at radius 3 is 2.68 bits per heavy atom. The van der Waals surface area contributed by atoms with Crippen LogP contribution in [0.25, 0.3) is 0 Å². The van der Waals surface area contributed by atoms with Crippen LogP contribution in [0.3, 0.4) is 0 Å². The molecule has 22 heavy (non-hydrogen) atoms. The molecule has 1 aromatic rings. The predicted molar refractivity (Wildman–Crippen MR) is 85.1 cm³/mol. The highest BCUT2D eigenvalue weighted by Crippen LogP contribution is 2.54. The quantitative estimate of drug-likeness (QED) is 0.755. The molecule has 3 nitrogen and oxygen atoms in total. The topological polar surface area (TPSA) is 39.2 Å². The highest BCUT2D eigenvalue weighted by Gasteiger charge is 2.41. The number of fused-ring (bicyclic) bond motifs is 5. The molecule has 3 aliphatic rings. The Bertz CT molecular complexity index is 610. The van der Waals surface area contributed by atoms with Crippen molar-refractivity contribution >= 4 is 5.97 Å².